The molecule has 2 aromatic rings. The zero-order valence-corrected chi connectivity index (χ0v) is 21.3. The minimum Gasteiger partial charge on any atom is -0.489 e. The van der Waals surface area contributed by atoms with Gasteiger partial charge in [-0.2, -0.15) is 0 Å². The van der Waals surface area contributed by atoms with E-state index in [0.29, 0.717) is 25.3 Å². The minimum atomic E-state index is -0.0652. The number of carbonyl (C=O) groups excluding carboxylic acids is 2. The van der Waals surface area contributed by atoms with Crippen molar-refractivity contribution in [3.8, 4) is 0 Å². The van der Waals surface area contributed by atoms with Gasteiger partial charge in [-0.25, -0.2) is 0 Å². The predicted molar refractivity (Wildman–Crippen MR) is 137 cm³/mol. The van der Waals surface area contributed by atoms with Crippen LogP contribution in [0.2, 0.25) is 0 Å². The molecule has 2 heterocycles. The minimum absolute atomic E-state index is 0.0235. The molecule has 1 aliphatic heterocycles. The van der Waals surface area contributed by atoms with E-state index in [0.717, 1.165) is 36.0 Å². The van der Waals surface area contributed by atoms with Crippen molar-refractivity contribution in [2.45, 2.75) is 64.1 Å². The van der Waals surface area contributed by atoms with Gasteiger partial charge >= 0.3 is 0 Å². The summed E-state index contributed by atoms with van der Waals surface area (Å²) in [5.41, 5.74) is 3.35. The summed E-state index contributed by atoms with van der Waals surface area (Å²) in [6, 6.07) is 8.80. The Morgan fingerprint density at radius 2 is 2.11 bits per heavy atom. The van der Waals surface area contributed by atoms with Gasteiger partial charge in [-0.15, -0.1) is 0 Å². The normalized spacial score (nSPS) is 33.4. The van der Waals surface area contributed by atoms with Gasteiger partial charge in [-0.3, -0.25) is 14.6 Å². The summed E-state index contributed by atoms with van der Waals surface area (Å²) < 4.78 is 12.9. The molecule has 2 fully saturated rings. The van der Waals surface area contributed by atoms with Crippen LogP contribution in [0.4, 0.5) is 0 Å². The molecular formula is C30H34N2O4. The molecule has 36 heavy (non-hydrogen) atoms. The van der Waals surface area contributed by atoms with E-state index in [9.17, 15) is 9.59 Å². The summed E-state index contributed by atoms with van der Waals surface area (Å²) in [7, 11) is 1.83. The van der Waals surface area contributed by atoms with E-state index in [4.69, 9.17) is 9.47 Å². The molecule has 0 spiro atoms. The third-order valence-electron chi connectivity index (χ3n) is 9.21. The van der Waals surface area contributed by atoms with Crippen LogP contribution in [-0.4, -0.2) is 42.5 Å². The third kappa shape index (κ3) is 3.78. The van der Waals surface area contributed by atoms with Crippen LogP contribution in [0.25, 0.3) is 10.8 Å². The van der Waals surface area contributed by atoms with Gasteiger partial charge in [0.05, 0.1) is 11.7 Å². The van der Waals surface area contributed by atoms with Crippen LogP contribution in [0.5, 0.6) is 0 Å². The van der Waals surface area contributed by atoms with Gasteiger partial charge in [0.1, 0.15) is 11.9 Å². The molecule has 1 N–H and O–H groups in total. The van der Waals surface area contributed by atoms with Crippen molar-refractivity contribution in [2.75, 3.05) is 13.7 Å². The molecule has 1 aromatic heterocycles. The molecule has 0 saturated heterocycles. The Morgan fingerprint density at radius 1 is 1.25 bits per heavy atom. The zero-order chi connectivity index (χ0) is 25.0. The Morgan fingerprint density at radius 3 is 2.92 bits per heavy atom. The van der Waals surface area contributed by atoms with Crippen LogP contribution in [0, 0.1) is 17.3 Å². The number of amides is 1. The number of ether oxygens (including phenoxy) is 2. The highest BCUT2D eigenvalue weighted by atomic mass is 16.5. The van der Waals surface area contributed by atoms with Crippen molar-refractivity contribution in [1.82, 2.24) is 10.3 Å². The number of ketones is 1. The molecule has 1 unspecified atom stereocenters. The number of nitrogens with zero attached hydrogens (tertiary/aromatic N) is 1. The number of fused-ring (bicyclic) bond motifs is 4. The van der Waals surface area contributed by atoms with Crippen LogP contribution < -0.4 is 5.32 Å². The van der Waals surface area contributed by atoms with Crippen molar-refractivity contribution >= 4 is 22.5 Å². The number of aromatic nitrogens is 1. The number of Topliss-reactive ketones (excluding diaryl/α,β-unsaturated/α-hetero) is 1. The molecule has 1 aromatic carbocycles. The van der Waals surface area contributed by atoms with E-state index in [2.05, 4.69) is 47.6 Å². The number of pyridine rings is 1. The average molecular weight is 487 g/mol. The first kappa shape index (κ1) is 23.4. The van der Waals surface area contributed by atoms with E-state index in [1.165, 1.54) is 23.4 Å². The number of nitrogens with one attached hydrogen (secondary N) is 1. The number of hydrogen-bond acceptors (Lipinski definition) is 5. The second-order valence-corrected chi connectivity index (χ2v) is 11.3. The van der Waals surface area contributed by atoms with Gasteiger partial charge in [0, 0.05) is 63.0 Å². The quantitative estimate of drug-likeness (QED) is 0.669. The van der Waals surface area contributed by atoms with Gasteiger partial charge < -0.3 is 14.8 Å². The van der Waals surface area contributed by atoms with Crippen molar-refractivity contribution < 1.29 is 19.1 Å². The lowest BCUT2D eigenvalue weighted by atomic mass is 9.61. The Hall–Kier alpha value is -2.99. The molecule has 2 saturated carbocycles. The summed E-state index contributed by atoms with van der Waals surface area (Å²) in [6.45, 7) is 4.43. The van der Waals surface area contributed by atoms with Crippen LogP contribution >= 0.6 is 0 Å². The number of hydrogen-bond donors (Lipinski definition) is 1. The molecule has 188 valence electrons. The SMILES string of the molecule is CO[C@@H]1C[C@H]2[C@@H]3OC4=C(C=C3CC[C@]2(C)[C@H]1c1ccc2cnccc2c1)C(=O)CC(CNC(C)=O)C4. The maximum absolute atomic E-state index is 13.0. The fourth-order valence-electron chi connectivity index (χ4n) is 7.39. The molecule has 6 heteroatoms. The largest absolute Gasteiger partial charge is 0.489 e. The van der Waals surface area contributed by atoms with E-state index in [-0.39, 0.29) is 41.1 Å². The van der Waals surface area contributed by atoms with Crippen LogP contribution in [-0.2, 0) is 19.1 Å². The molecule has 6 atom stereocenters. The van der Waals surface area contributed by atoms with E-state index in [1.807, 2.05) is 19.5 Å². The zero-order valence-electron chi connectivity index (χ0n) is 21.3. The summed E-state index contributed by atoms with van der Waals surface area (Å²) >= 11 is 0. The highest BCUT2D eigenvalue weighted by Crippen LogP contribution is 2.62. The standard InChI is InChI=1S/C30H34N2O4/c1-17(33)32-15-18-10-25(34)23-13-21-6-8-30(2)24(29(21)36-26(23)11-18)14-27(35-3)28(30)20-4-5-22-16-31-9-7-19(22)12-20/h4-5,7,9,12-13,16,18,24,27-29H,6,8,10-11,14-15H2,1-3H3,(H,32,33)/t18?,24-,27+,28-,29+,30-/m0/s1. The first-order valence-corrected chi connectivity index (χ1v) is 13.1. The van der Waals surface area contributed by atoms with Gasteiger partial charge in [0.2, 0.25) is 5.91 Å². The van der Waals surface area contributed by atoms with Crippen LogP contribution in [0.1, 0.15) is 57.4 Å². The second kappa shape index (κ2) is 8.84. The maximum atomic E-state index is 13.0. The fourth-order valence-corrected chi connectivity index (χ4v) is 7.39. The summed E-state index contributed by atoms with van der Waals surface area (Å²) in [5, 5.41) is 5.23. The topological polar surface area (TPSA) is 77.5 Å². The monoisotopic (exact) mass is 486 g/mol. The van der Waals surface area contributed by atoms with E-state index in [1.54, 1.807) is 0 Å². The third-order valence-corrected chi connectivity index (χ3v) is 9.21. The predicted octanol–water partition coefficient (Wildman–Crippen LogP) is 4.85. The maximum Gasteiger partial charge on any atom is 0.216 e. The van der Waals surface area contributed by atoms with Gasteiger partial charge in [0.25, 0.3) is 0 Å². The van der Waals surface area contributed by atoms with Crippen molar-refractivity contribution in [2.24, 2.45) is 17.3 Å². The summed E-state index contributed by atoms with van der Waals surface area (Å²) in [5.74, 6) is 1.54. The molecule has 1 amide bonds. The Kier molecular flexibility index (Phi) is 5.75. The number of allylic oxidation sites excluding steroid dienone is 3. The average Bonchev–Trinajstić information content (AvgIpc) is 3.19. The van der Waals surface area contributed by atoms with Gasteiger partial charge in [-0.05, 0) is 59.3 Å². The van der Waals surface area contributed by atoms with E-state index < -0.39 is 0 Å². The first-order chi connectivity index (χ1) is 17.4. The summed E-state index contributed by atoms with van der Waals surface area (Å²) in [6.07, 6.45) is 10.0. The molecule has 6 rings (SSSR count). The number of methoxy groups -OCH3 is 1. The molecule has 6 nitrogen and oxygen atoms in total. The molecular weight excluding hydrogens is 452 g/mol. The molecule has 3 aliphatic carbocycles. The Balaban J connectivity index is 1.30. The smallest absolute Gasteiger partial charge is 0.216 e. The van der Waals surface area contributed by atoms with Crippen molar-refractivity contribution in [1.29, 1.82) is 0 Å². The lowest BCUT2D eigenvalue weighted by Crippen LogP contribution is -2.44. The lowest BCUT2D eigenvalue weighted by Gasteiger charge is -2.48. The highest BCUT2D eigenvalue weighted by Gasteiger charge is 2.59. The number of carbonyl (C=O) groups is 2. The fraction of sp³-hybridized carbons (Fsp3) is 0.500. The van der Waals surface area contributed by atoms with E-state index >= 15 is 0 Å². The summed E-state index contributed by atoms with van der Waals surface area (Å²) in [4.78, 5) is 28.6. The lowest BCUT2D eigenvalue weighted by molar-refractivity contribution is -0.121. The molecule has 0 radical (unpaired) electrons. The second-order valence-electron chi connectivity index (χ2n) is 11.3. The van der Waals surface area contributed by atoms with Crippen molar-refractivity contribution in [3.63, 3.8) is 0 Å². The van der Waals surface area contributed by atoms with Gasteiger partial charge in [0.15, 0.2) is 5.78 Å². The Labute approximate surface area is 212 Å². The number of benzene rings is 1. The Bertz CT molecular complexity index is 1300. The highest BCUT2D eigenvalue weighted by molar-refractivity contribution is 6.00. The first-order valence-electron chi connectivity index (χ1n) is 13.1. The van der Waals surface area contributed by atoms with Crippen molar-refractivity contribution in [3.05, 3.63) is 65.2 Å². The molecule has 4 aliphatic rings. The number of rotatable bonds is 4. The molecule has 0 bridgehead atoms. The van der Waals surface area contributed by atoms with Gasteiger partial charge in [-0.1, -0.05) is 25.1 Å². The van der Waals surface area contributed by atoms with Crippen LogP contribution in [0.15, 0.2) is 59.6 Å². The van der Waals surface area contributed by atoms with Crippen LogP contribution in [0.3, 0.4) is 0 Å².